The predicted octanol–water partition coefficient (Wildman–Crippen LogP) is 3.64. The Labute approximate surface area is 295 Å². The van der Waals surface area contributed by atoms with E-state index in [2.05, 4.69) is 0 Å². The number of rotatable bonds is 13. The third-order valence-electron chi connectivity index (χ3n) is 7.24. The van der Waals surface area contributed by atoms with E-state index in [4.69, 9.17) is 49.6 Å². The number of aromatic hydroxyl groups is 1. The van der Waals surface area contributed by atoms with Gasteiger partial charge in [-0.25, -0.2) is 0 Å². The molecule has 272 valence electrons. The van der Waals surface area contributed by atoms with E-state index >= 15 is 0 Å². The number of nitro benzene ring substituents is 2. The molecule has 2 aliphatic rings. The minimum Gasteiger partial charge on any atom is -0.508 e. The number of carboxylic acids is 1. The maximum absolute atomic E-state index is 11.8. The normalized spacial score (nSPS) is 21.8. The number of esters is 3. The minimum absolute atomic E-state index is 0.0159. The van der Waals surface area contributed by atoms with Gasteiger partial charge >= 0.3 is 23.9 Å². The van der Waals surface area contributed by atoms with Crippen LogP contribution >= 0.6 is 0 Å². The number of phenols is 1. The van der Waals surface area contributed by atoms with Crippen LogP contribution in [0, 0.1) is 20.2 Å². The SMILES string of the molecule is O=[N+]([O-])c1ccc(O)cc1.[B]C1CC(OC(=O)CCC(=O)O)C(CC)O1.[B]C1CC(OC(=O)CCC(=O)Oc2ccc([N+](=O)[O-])cc2)C(CC)O1. The van der Waals surface area contributed by atoms with Crippen molar-refractivity contribution < 1.29 is 62.9 Å². The van der Waals surface area contributed by atoms with Crippen molar-refractivity contribution in [2.24, 2.45) is 0 Å². The summed E-state index contributed by atoms with van der Waals surface area (Å²) in [6, 6.07) is 9.28. The second-order valence-electron chi connectivity index (χ2n) is 11.2. The van der Waals surface area contributed by atoms with Gasteiger partial charge in [-0.3, -0.25) is 39.4 Å². The summed E-state index contributed by atoms with van der Waals surface area (Å²) in [4.78, 5) is 64.6. The average Bonchev–Trinajstić information content (AvgIpc) is 3.63. The number of carboxylic acid groups (broad SMARTS) is 1. The van der Waals surface area contributed by atoms with Crippen molar-refractivity contribution in [3.8, 4) is 11.5 Å². The second-order valence-corrected chi connectivity index (χ2v) is 11.2. The van der Waals surface area contributed by atoms with Crippen molar-refractivity contribution in [2.45, 2.75) is 102 Å². The predicted molar refractivity (Wildman–Crippen MR) is 178 cm³/mol. The average molecular weight is 712 g/mol. The zero-order chi connectivity index (χ0) is 38.1. The Morgan fingerprint density at radius 1 is 0.725 bits per heavy atom. The maximum Gasteiger partial charge on any atom is 0.311 e. The maximum atomic E-state index is 11.8. The smallest absolute Gasteiger partial charge is 0.311 e. The van der Waals surface area contributed by atoms with Gasteiger partial charge < -0.3 is 33.9 Å². The van der Waals surface area contributed by atoms with Crippen LogP contribution < -0.4 is 4.74 Å². The lowest BCUT2D eigenvalue weighted by Crippen LogP contribution is -2.27. The highest BCUT2D eigenvalue weighted by Crippen LogP contribution is 2.25. The second kappa shape index (κ2) is 21.2. The fourth-order valence-corrected chi connectivity index (χ4v) is 4.72. The molecule has 0 spiro atoms. The molecule has 0 aromatic heterocycles. The molecular formula is C32H38B2N2O15. The number of ether oxygens (including phenoxy) is 5. The molecular weight excluding hydrogens is 674 g/mol. The third kappa shape index (κ3) is 15.6. The molecule has 2 aromatic carbocycles. The Kier molecular flexibility index (Phi) is 17.6. The lowest BCUT2D eigenvalue weighted by Gasteiger charge is -2.17. The fraction of sp³-hybridized carbons (Fsp3) is 0.500. The molecule has 2 saturated heterocycles. The number of carbonyl (C=O) groups excluding carboxylic acids is 3. The van der Waals surface area contributed by atoms with E-state index in [0.717, 1.165) is 0 Å². The molecule has 19 heteroatoms. The van der Waals surface area contributed by atoms with E-state index in [-0.39, 0.29) is 66.9 Å². The Morgan fingerprint density at radius 3 is 1.51 bits per heavy atom. The van der Waals surface area contributed by atoms with Gasteiger partial charge in [0.1, 0.15) is 39.4 Å². The van der Waals surface area contributed by atoms with Crippen LogP contribution in [-0.4, -0.2) is 96.1 Å². The molecule has 4 rings (SSSR count). The Bertz CT molecular complexity index is 1480. The molecule has 0 saturated carbocycles. The van der Waals surface area contributed by atoms with Crippen LogP contribution in [0.25, 0.3) is 0 Å². The number of hydrogen-bond donors (Lipinski definition) is 2. The van der Waals surface area contributed by atoms with E-state index in [9.17, 15) is 39.4 Å². The Balaban J connectivity index is 0.000000295. The first kappa shape index (κ1) is 42.1. The van der Waals surface area contributed by atoms with Crippen LogP contribution in [0.4, 0.5) is 11.4 Å². The first-order valence-corrected chi connectivity index (χ1v) is 15.9. The molecule has 2 heterocycles. The van der Waals surface area contributed by atoms with Gasteiger partial charge in [0.25, 0.3) is 11.4 Å². The number of carbonyl (C=O) groups is 4. The highest BCUT2D eigenvalue weighted by Gasteiger charge is 2.35. The molecule has 2 aliphatic heterocycles. The van der Waals surface area contributed by atoms with Gasteiger partial charge in [-0.15, -0.1) is 0 Å². The topological polar surface area (TPSA) is 241 Å². The van der Waals surface area contributed by atoms with Crippen LogP contribution in [0.15, 0.2) is 48.5 Å². The summed E-state index contributed by atoms with van der Waals surface area (Å²) in [6.07, 6.45) is 0.509. The van der Waals surface area contributed by atoms with Crippen molar-refractivity contribution >= 4 is 50.9 Å². The monoisotopic (exact) mass is 712 g/mol. The summed E-state index contributed by atoms with van der Waals surface area (Å²) in [6.45, 7) is 3.83. The number of nitrogens with zero attached hydrogens (tertiary/aromatic N) is 2. The number of hydrogen-bond acceptors (Lipinski definition) is 14. The summed E-state index contributed by atoms with van der Waals surface area (Å²) in [5.74, 6) is -2.47. The van der Waals surface area contributed by atoms with Crippen LogP contribution in [0.1, 0.15) is 65.2 Å². The standard InChI is InChI=1S/C16H18BNO7.C10H15BO5.C6H5NO3/c1-2-12-13(9-14(17)24-12)25-16(20)8-7-15(19)23-11-5-3-10(4-6-11)18(21)22;1-2-6-7(5-8(11)15-6)16-10(14)4-3-9(12)13;8-6-3-1-5(2-4-6)7(9)10/h3-6,12-14H,2,7-9H2,1H3;6-8H,2-5H2,1H3,(H,12,13);1-4,8H. The molecule has 2 aromatic rings. The molecule has 0 aliphatic carbocycles. The van der Waals surface area contributed by atoms with Gasteiger partial charge in [-0.05, 0) is 37.1 Å². The lowest BCUT2D eigenvalue weighted by atomic mass is 9.96. The number of nitro groups is 2. The summed E-state index contributed by atoms with van der Waals surface area (Å²) in [5, 5.41) is 37.7. The summed E-state index contributed by atoms with van der Waals surface area (Å²) < 4.78 is 26.2. The van der Waals surface area contributed by atoms with Crippen molar-refractivity contribution in [3.63, 3.8) is 0 Å². The van der Waals surface area contributed by atoms with Crippen LogP contribution in [0.2, 0.25) is 0 Å². The molecule has 2 fully saturated rings. The first-order valence-electron chi connectivity index (χ1n) is 15.9. The number of non-ortho nitro benzene ring substituents is 2. The van der Waals surface area contributed by atoms with E-state index in [1.165, 1.54) is 48.5 Å². The molecule has 4 radical (unpaired) electrons. The zero-order valence-electron chi connectivity index (χ0n) is 28.0. The summed E-state index contributed by atoms with van der Waals surface area (Å²) in [7, 11) is 11.3. The fourth-order valence-electron chi connectivity index (χ4n) is 4.72. The van der Waals surface area contributed by atoms with Crippen molar-refractivity contribution in [3.05, 3.63) is 68.8 Å². The number of phenolic OH excluding ortho intramolecular Hbond substituents is 1. The van der Waals surface area contributed by atoms with E-state index < -0.39 is 51.8 Å². The Hall–Kier alpha value is -5.03. The molecule has 51 heavy (non-hydrogen) atoms. The minimum atomic E-state index is -1.01. The quantitative estimate of drug-likeness (QED) is 0.0990. The molecule has 6 unspecified atom stereocenters. The van der Waals surface area contributed by atoms with Crippen LogP contribution in [-0.2, 0) is 38.1 Å². The van der Waals surface area contributed by atoms with Gasteiger partial charge in [-0.1, -0.05) is 13.8 Å². The van der Waals surface area contributed by atoms with Gasteiger partial charge in [-0.2, -0.15) is 0 Å². The van der Waals surface area contributed by atoms with Gasteiger partial charge in [0.15, 0.2) is 0 Å². The van der Waals surface area contributed by atoms with Gasteiger partial charge in [0.05, 0.1) is 47.7 Å². The molecule has 0 amide bonds. The van der Waals surface area contributed by atoms with Crippen molar-refractivity contribution in [2.75, 3.05) is 0 Å². The number of aliphatic carboxylic acids is 1. The van der Waals surface area contributed by atoms with Crippen LogP contribution in [0.5, 0.6) is 11.5 Å². The third-order valence-corrected chi connectivity index (χ3v) is 7.24. The highest BCUT2D eigenvalue weighted by molar-refractivity contribution is 6.11. The number of benzene rings is 2. The van der Waals surface area contributed by atoms with E-state index in [1.54, 1.807) is 0 Å². The highest BCUT2D eigenvalue weighted by atomic mass is 16.6. The van der Waals surface area contributed by atoms with Gasteiger partial charge in [0, 0.05) is 49.1 Å². The summed E-state index contributed by atoms with van der Waals surface area (Å²) in [5.41, 5.74) is -0.122. The largest absolute Gasteiger partial charge is 0.508 e. The van der Waals surface area contributed by atoms with E-state index in [1.807, 2.05) is 13.8 Å². The molecule has 0 bridgehead atoms. The first-order chi connectivity index (χ1) is 24.1. The van der Waals surface area contributed by atoms with Crippen molar-refractivity contribution in [1.82, 2.24) is 0 Å². The molecule has 2 N–H and O–H groups in total. The molecule has 6 atom stereocenters. The Morgan fingerprint density at radius 2 is 1.12 bits per heavy atom. The van der Waals surface area contributed by atoms with Gasteiger partial charge in [0.2, 0.25) is 0 Å². The summed E-state index contributed by atoms with van der Waals surface area (Å²) >= 11 is 0. The van der Waals surface area contributed by atoms with Crippen molar-refractivity contribution in [1.29, 1.82) is 0 Å². The lowest BCUT2D eigenvalue weighted by molar-refractivity contribution is -0.385. The zero-order valence-corrected chi connectivity index (χ0v) is 28.0. The van der Waals surface area contributed by atoms with Crippen LogP contribution in [0.3, 0.4) is 0 Å². The molecule has 17 nitrogen and oxygen atoms in total. The van der Waals surface area contributed by atoms with E-state index in [0.29, 0.717) is 25.7 Å².